The van der Waals surface area contributed by atoms with Gasteiger partial charge in [0.05, 0.1) is 16.1 Å². The van der Waals surface area contributed by atoms with E-state index in [-0.39, 0.29) is 16.8 Å². The van der Waals surface area contributed by atoms with Crippen LogP contribution in [-0.2, 0) is 4.79 Å². The van der Waals surface area contributed by atoms with Crippen molar-refractivity contribution in [1.29, 1.82) is 0 Å². The molecule has 0 unspecified atom stereocenters. The summed E-state index contributed by atoms with van der Waals surface area (Å²) in [5, 5.41) is 13.4. The molecule has 9 nitrogen and oxygen atoms in total. The third kappa shape index (κ3) is 3.51. The SMILES string of the molecule is CN(C)CCNC(=O)CN1C(=O)c2ccc([N+](=O)[O-])cc2C1=O. The number of benzene rings is 1. The number of hydrogen-bond donors (Lipinski definition) is 1. The average Bonchev–Trinajstić information content (AvgIpc) is 2.71. The van der Waals surface area contributed by atoms with Crippen LogP contribution in [-0.4, -0.2) is 66.2 Å². The van der Waals surface area contributed by atoms with Crippen molar-refractivity contribution < 1.29 is 19.3 Å². The number of nitro groups is 1. The average molecular weight is 320 g/mol. The molecule has 1 N–H and O–H groups in total. The molecule has 0 spiro atoms. The number of amides is 3. The summed E-state index contributed by atoms with van der Waals surface area (Å²) < 4.78 is 0. The summed E-state index contributed by atoms with van der Waals surface area (Å²) in [5.41, 5.74) is -0.255. The number of carbonyl (C=O) groups excluding carboxylic acids is 3. The second-order valence-electron chi connectivity index (χ2n) is 5.34. The van der Waals surface area contributed by atoms with Gasteiger partial charge in [-0.3, -0.25) is 29.4 Å². The van der Waals surface area contributed by atoms with E-state index in [0.717, 1.165) is 17.0 Å². The van der Waals surface area contributed by atoms with Crippen molar-refractivity contribution in [2.75, 3.05) is 33.7 Å². The molecule has 122 valence electrons. The molecule has 1 aromatic carbocycles. The quantitative estimate of drug-likeness (QED) is 0.444. The van der Waals surface area contributed by atoms with Crippen molar-refractivity contribution in [3.05, 3.63) is 39.4 Å². The minimum atomic E-state index is -0.698. The molecule has 9 heteroatoms. The van der Waals surface area contributed by atoms with Gasteiger partial charge in [0.25, 0.3) is 17.5 Å². The molecule has 0 atom stereocenters. The van der Waals surface area contributed by atoms with Crippen molar-refractivity contribution in [1.82, 2.24) is 15.1 Å². The molecule has 0 saturated carbocycles. The Morgan fingerprint density at radius 2 is 1.91 bits per heavy atom. The molecule has 0 aromatic heterocycles. The fourth-order valence-electron chi connectivity index (χ4n) is 2.15. The largest absolute Gasteiger partial charge is 0.353 e. The highest BCUT2D eigenvalue weighted by atomic mass is 16.6. The van der Waals surface area contributed by atoms with E-state index in [1.165, 1.54) is 6.07 Å². The number of nitro benzene ring substituents is 1. The van der Waals surface area contributed by atoms with Crippen molar-refractivity contribution in [3.8, 4) is 0 Å². The number of hydrogen-bond acceptors (Lipinski definition) is 6. The maximum atomic E-state index is 12.2. The minimum Gasteiger partial charge on any atom is -0.353 e. The number of carbonyl (C=O) groups is 3. The summed E-state index contributed by atoms with van der Waals surface area (Å²) in [6, 6.07) is 3.45. The van der Waals surface area contributed by atoms with E-state index < -0.39 is 29.2 Å². The number of fused-ring (bicyclic) bond motifs is 1. The molecule has 0 bridgehead atoms. The Hall–Kier alpha value is -2.81. The van der Waals surface area contributed by atoms with Crippen LogP contribution >= 0.6 is 0 Å². The molecule has 1 heterocycles. The predicted molar refractivity (Wildman–Crippen MR) is 80.0 cm³/mol. The van der Waals surface area contributed by atoms with Crippen LogP contribution < -0.4 is 5.32 Å². The number of non-ortho nitro benzene ring substituents is 1. The highest BCUT2D eigenvalue weighted by molar-refractivity contribution is 6.22. The molecule has 2 rings (SSSR count). The van der Waals surface area contributed by atoms with E-state index in [1.54, 1.807) is 0 Å². The Kier molecular flexibility index (Phi) is 4.70. The lowest BCUT2D eigenvalue weighted by molar-refractivity contribution is -0.384. The summed E-state index contributed by atoms with van der Waals surface area (Å²) >= 11 is 0. The highest BCUT2D eigenvalue weighted by Crippen LogP contribution is 2.26. The van der Waals surface area contributed by atoms with Crippen LogP contribution in [0, 0.1) is 10.1 Å². The summed E-state index contributed by atoms with van der Waals surface area (Å²) in [6.07, 6.45) is 0. The van der Waals surface area contributed by atoms with Gasteiger partial charge in [0, 0.05) is 25.2 Å². The highest BCUT2D eigenvalue weighted by Gasteiger charge is 2.37. The molecule has 3 amide bonds. The summed E-state index contributed by atoms with van der Waals surface area (Å²) in [4.78, 5) is 48.9. The van der Waals surface area contributed by atoms with Gasteiger partial charge in [-0.1, -0.05) is 0 Å². The maximum absolute atomic E-state index is 12.2. The maximum Gasteiger partial charge on any atom is 0.270 e. The standard InChI is InChI=1S/C14H16N4O5/c1-16(2)6-5-15-12(19)8-17-13(20)10-4-3-9(18(22)23)7-11(10)14(17)21/h3-4,7H,5-6,8H2,1-2H3,(H,15,19). The van der Waals surface area contributed by atoms with Crippen LogP contribution in [0.4, 0.5) is 5.69 Å². The van der Waals surface area contributed by atoms with Crippen LogP contribution in [0.5, 0.6) is 0 Å². The van der Waals surface area contributed by atoms with E-state index in [4.69, 9.17) is 0 Å². The third-order valence-corrected chi connectivity index (χ3v) is 3.35. The van der Waals surface area contributed by atoms with Crippen LogP contribution in [0.1, 0.15) is 20.7 Å². The van der Waals surface area contributed by atoms with Crippen molar-refractivity contribution in [3.63, 3.8) is 0 Å². The number of likely N-dealkylation sites (N-methyl/N-ethyl adjacent to an activating group) is 1. The number of nitrogens with one attached hydrogen (secondary N) is 1. The van der Waals surface area contributed by atoms with Crippen molar-refractivity contribution in [2.24, 2.45) is 0 Å². The van der Waals surface area contributed by atoms with E-state index in [9.17, 15) is 24.5 Å². The van der Waals surface area contributed by atoms with Crippen LogP contribution in [0.3, 0.4) is 0 Å². The normalized spacial score (nSPS) is 13.4. The van der Waals surface area contributed by atoms with E-state index in [1.807, 2.05) is 19.0 Å². The second kappa shape index (κ2) is 6.53. The van der Waals surface area contributed by atoms with Crippen molar-refractivity contribution in [2.45, 2.75) is 0 Å². The zero-order chi connectivity index (χ0) is 17.1. The smallest absolute Gasteiger partial charge is 0.270 e. The molecule has 0 aliphatic carbocycles. The van der Waals surface area contributed by atoms with Gasteiger partial charge in [0.15, 0.2) is 0 Å². The molecule has 1 aliphatic heterocycles. The Morgan fingerprint density at radius 1 is 1.26 bits per heavy atom. The fraction of sp³-hybridized carbons (Fsp3) is 0.357. The zero-order valence-corrected chi connectivity index (χ0v) is 12.7. The van der Waals surface area contributed by atoms with Gasteiger partial charge in [0.2, 0.25) is 5.91 Å². The van der Waals surface area contributed by atoms with Crippen LogP contribution in [0.25, 0.3) is 0 Å². The number of nitrogens with zero attached hydrogens (tertiary/aromatic N) is 3. The van der Waals surface area contributed by atoms with E-state index in [2.05, 4.69) is 5.32 Å². The van der Waals surface area contributed by atoms with Gasteiger partial charge in [-0.2, -0.15) is 0 Å². The molecule has 1 aliphatic rings. The summed E-state index contributed by atoms with van der Waals surface area (Å²) in [7, 11) is 3.70. The topological polar surface area (TPSA) is 113 Å². The molecule has 23 heavy (non-hydrogen) atoms. The molecule has 0 fully saturated rings. The van der Waals surface area contributed by atoms with Crippen molar-refractivity contribution >= 4 is 23.4 Å². The lowest BCUT2D eigenvalue weighted by Crippen LogP contribution is -2.42. The molecule has 1 aromatic rings. The third-order valence-electron chi connectivity index (χ3n) is 3.35. The summed E-state index contributed by atoms with van der Waals surface area (Å²) in [5.74, 6) is -1.78. The first-order chi connectivity index (χ1) is 10.8. The second-order valence-corrected chi connectivity index (χ2v) is 5.34. The lowest BCUT2D eigenvalue weighted by Gasteiger charge is -2.14. The van der Waals surface area contributed by atoms with Crippen LogP contribution in [0.2, 0.25) is 0 Å². The Morgan fingerprint density at radius 3 is 2.52 bits per heavy atom. The fourth-order valence-corrected chi connectivity index (χ4v) is 2.15. The molecule has 0 saturated heterocycles. The van der Waals surface area contributed by atoms with Gasteiger partial charge in [-0.25, -0.2) is 0 Å². The van der Waals surface area contributed by atoms with E-state index in [0.29, 0.717) is 13.1 Å². The lowest BCUT2D eigenvalue weighted by atomic mass is 10.1. The Balaban J connectivity index is 2.08. The molecular formula is C14H16N4O5. The van der Waals surface area contributed by atoms with Gasteiger partial charge < -0.3 is 10.2 Å². The first-order valence-corrected chi connectivity index (χ1v) is 6.87. The van der Waals surface area contributed by atoms with Gasteiger partial charge in [-0.15, -0.1) is 0 Å². The Labute approximate surface area is 132 Å². The minimum absolute atomic E-state index is 0.0507. The number of rotatable bonds is 6. The Bertz CT molecular complexity index is 686. The molecule has 0 radical (unpaired) electrons. The first-order valence-electron chi connectivity index (χ1n) is 6.87. The van der Waals surface area contributed by atoms with E-state index >= 15 is 0 Å². The number of imide groups is 1. The molecular weight excluding hydrogens is 304 g/mol. The predicted octanol–water partition coefficient (Wildman–Crippen LogP) is -0.131. The van der Waals surface area contributed by atoms with Gasteiger partial charge >= 0.3 is 0 Å². The zero-order valence-electron chi connectivity index (χ0n) is 12.7. The monoisotopic (exact) mass is 320 g/mol. The van der Waals surface area contributed by atoms with Crippen LogP contribution in [0.15, 0.2) is 18.2 Å². The van der Waals surface area contributed by atoms with Gasteiger partial charge in [0.1, 0.15) is 6.54 Å². The van der Waals surface area contributed by atoms with Gasteiger partial charge in [-0.05, 0) is 20.2 Å². The summed E-state index contributed by atoms with van der Waals surface area (Å²) in [6.45, 7) is 0.605. The first kappa shape index (κ1) is 16.6.